The summed E-state index contributed by atoms with van der Waals surface area (Å²) < 4.78 is 5.96. The van der Waals surface area contributed by atoms with E-state index >= 15 is 0 Å². The van der Waals surface area contributed by atoms with E-state index in [9.17, 15) is 5.41 Å². The van der Waals surface area contributed by atoms with Gasteiger partial charge in [0.25, 0.3) is 0 Å². The molecule has 6 aliphatic rings. The first-order valence-corrected chi connectivity index (χ1v) is 19.8. The maximum atomic E-state index is 12.3. The molecule has 46 heavy (non-hydrogen) atoms. The Morgan fingerprint density at radius 2 is 0.804 bits per heavy atom. The van der Waals surface area contributed by atoms with Gasteiger partial charge in [0.1, 0.15) is 0 Å². The molecule has 7 rings (SSSR count). The molecular formula is C41H58N3PZr+2. The predicted octanol–water partition coefficient (Wildman–Crippen LogP) is 11.1. The molecule has 10 radical (unpaired) electrons. The van der Waals surface area contributed by atoms with Crippen LogP contribution < -0.4 is 0 Å². The van der Waals surface area contributed by atoms with Crippen LogP contribution in [0, 0.1) is 70.3 Å². The van der Waals surface area contributed by atoms with Gasteiger partial charge in [-0.1, -0.05) is 77.0 Å². The van der Waals surface area contributed by atoms with Gasteiger partial charge in [-0.05, 0) is 116 Å². The second-order valence-electron chi connectivity index (χ2n) is 13.7. The Kier molecular flexibility index (Phi) is 19.3. The standard InChI is InChI=1S/C31H48N3P.2C5H5.Zr/c32-31(26-16-6-1-7-17-26)35(33(27-18-8-2-9-19-27)28-20-10-3-11-21-28)34(29-22-12-4-13-23-29)30-24-14-5-15-25-30;2*1-2-4-5-3-1;/h1,6-7,16,27-30H,2-5,8-15,18-25H2;2*1-5H;/q-2;;;+4. The molecule has 5 heteroatoms. The topological polar surface area (TPSA) is 28.8 Å². The van der Waals surface area contributed by atoms with Crippen molar-refractivity contribution in [3.8, 4) is 0 Å². The van der Waals surface area contributed by atoms with Crippen molar-refractivity contribution in [3.63, 3.8) is 0 Å². The average Bonchev–Trinajstić information content (AvgIpc) is 3.91. The van der Waals surface area contributed by atoms with E-state index in [-0.39, 0.29) is 26.2 Å². The minimum atomic E-state index is -0.909. The third-order valence-electron chi connectivity index (χ3n) is 10.5. The average molecular weight is 715 g/mol. The van der Waals surface area contributed by atoms with E-state index in [0.29, 0.717) is 29.6 Å². The van der Waals surface area contributed by atoms with Crippen LogP contribution in [0.15, 0.2) is 24.3 Å². The number of rotatable bonds is 8. The molecule has 3 nitrogen and oxygen atoms in total. The van der Waals surface area contributed by atoms with E-state index in [1.807, 2.05) is 76.3 Å². The molecule has 0 amide bonds. The third-order valence-corrected chi connectivity index (χ3v) is 13.3. The Morgan fingerprint density at radius 1 is 0.500 bits per heavy atom. The molecule has 0 unspecified atom stereocenters. The fourth-order valence-electron chi connectivity index (χ4n) is 8.22. The van der Waals surface area contributed by atoms with Crippen LogP contribution in [0.2, 0.25) is 0 Å². The molecule has 1 aromatic rings. The monoisotopic (exact) mass is 713 g/mol. The van der Waals surface area contributed by atoms with Crippen LogP contribution in [-0.2, 0) is 26.2 Å². The van der Waals surface area contributed by atoms with Gasteiger partial charge in [-0.3, -0.25) is 9.34 Å². The van der Waals surface area contributed by atoms with Gasteiger partial charge >= 0.3 is 26.2 Å². The van der Waals surface area contributed by atoms with E-state index < -0.39 is 8.22 Å². The van der Waals surface area contributed by atoms with Crippen molar-refractivity contribution in [3.05, 3.63) is 106 Å². The molecule has 0 heterocycles. The summed E-state index contributed by atoms with van der Waals surface area (Å²) in [4.78, 5) is 0. The molecule has 0 aliphatic heterocycles. The normalized spacial score (nSPS) is 23.8. The van der Waals surface area contributed by atoms with Gasteiger partial charge in [0, 0.05) is 32.4 Å². The molecule has 6 saturated carbocycles. The number of benzene rings is 1. The first-order chi connectivity index (χ1) is 22.3. The molecular weight excluding hydrogens is 657 g/mol. The summed E-state index contributed by atoms with van der Waals surface area (Å²) in [7, 11) is -0.909. The molecule has 0 N–H and O–H groups in total. The Labute approximate surface area is 305 Å². The van der Waals surface area contributed by atoms with Gasteiger partial charge in [0.2, 0.25) is 0 Å². The van der Waals surface area contributed by atoms with Gasteiger partial charge in [-0.15, -0.1) is 30.3 Å². The Bertz CT molecular complexity index is 810. The molecule has 6 fully saturated rings. The maximum Gasteiger partial charge on any atom is 4.00 e. The van der Waals surface area contributed by atoms with Crippen LogP contribution in [0.1, 0.15) is 134 Å². The fraction of sp³-hybridized carbons (Fsp3) is 0.585. The number of hydrogen-bond acceptors (Lipinski definition) is 2. The minimum absolute atomic E-state index is 0. The van der Waals surface area contributed by atoms with Gasteiger partial charge in [0.15, 0.2) is 0 Å². The van der Waals surface area contributed by atoms with Crippen LogP contribution in [0.3, 0.4) is 0 Å². The maximum absolute atomic E-state index is 12.3. The van der Waals surface area contributed by atoms with Crippen molar-refractivity contribution < 1.29 is 26.2 Å². The van der Waals surface area contributed by atoms with Gasteiger partial charge < -0.3 is 5.41 Å². The summed E-state index contributed by atoms with van der Waals surface area (Å²) in [5.41, 5.74) is 1.61. The van der Waals surface area contributed by atoms with E-state index in [1.54, 1.807) is 0 Å². The van der Waals surface area contributed by atoms with Crippen molar-refractivity contribution in [2.45, 2.75) is 153 Å². The Morgan fingerprint density at radius 3 is 1.07 bits per heavy atom. The van der Waals surface area contributed by atoms with Crippen LogP contribution in [-0.4, -0.2) is 39.0 Å². The number of hydrogen-bond donors (Lipinski definition) is 0. The summed E-state index contributed by atoms with van der Waals surface area (Å²) in [5, 5.41) is 12.3. The van der Waals surface area contributed by atoms with Gasteiger partial charge in [-0.2, -0.15) is 5.56 Å². The zero-order chi connectivity index (χ0) is 30.9. The fourth-order valence-corrected chi connectivity index (χ4v) is 11.4. The van der Waals surface area contributed by atoms with Crippen molar-refractivity contribution in [1.29, 1.82) is 0 Å². The Hall–Kier alpha value is 0.123. The summed E-state index contributed by atoms with van der Waals surface area (Å²) >= 11 is 0. The van der Waals surface area contributed by atoms with E-state index in [0.717, 1.165) is 5.56 Å². The molecule has 0 aromatic heterocycles. The van der Waals surface area contributed by atoms with Crippen molar-refractivity contribution in [2.24, 2.45) is 0 Å². The van der Waals surface area contributed by atoms with Crippen LogP contribution >= 0.6 is 8.22 Å². The smallest absolute Gasteiger partial charge is 0.853 e. The second-order valence-corrected chi connectivity index (χ2v) is 15.7. The quantitative estimate of drug-likeness (QED) is 0.152. The van der Waals surface area contributed by atoms with Crippen molar-refractivity contribution in [2.75, 3.05) is 0 Å². The predicted molar refractivity (Wildman–Crippen MR) is 194 cm³/mol. The first-order valence-electron chi connectivity index (χ1n) is 18.6. The van der Waals surface area contributed by atoms with Crippen LogP contribution in [0.4, 0.5) is 0 Å². The summed E-state index contributed by atoms with van der Waals surface area (Å²) in [6.07, 6.45) is 47.1. The zero-order valence-corrected chi connectivity index (χ0v) is 31.7. The third kappa shape index (κ3) is 12.2. The van der Waals surface area contributed by atoms with Gasteiger partial charge in [0.05, 0.1) is 0 Å². The molecule has 0 saturated heterocycles. The largest absolute Gasteiger partial charge is 4.00 e. The van der Waals surface area contributed by atoms with Crippen LogP contribution in [0.25, 0.3) is 5.41 Å². The van der Waals surface area contributed by atoms with E-state index in [1.165, 1.54) is 128 Å². The molecule has 6 aliphatic carbocycles. The molecule has 0 bridgehead atoms. The molecule has 1 aromatic carbocycles. The first kappa shape index (κ1) is 38.9. The summed E-state index contributed by atoms with van der Waals surface area (Å²) in [6.45, 7) is 0. The van der Waals surface area contributed by atoms with E-state index in [4.69, 9.17) is 0 Å². The molecule has 0 spiro atoms. The van der Waals surface area contributed by atoms with Crippen molar-refractivity contribution in [1.82, 2.24) is 9.34 Å². The van der Waals surface area contributed by atoms with Crippen LogP contribution in [0.5, 0.6) is 0 Å². The van der Waals surface area contributed by atoms with E-state index in [2.05, 4.69) is 27.5 Å². The van der Waals surface area contributed by atoms with Gasteiger partial charge in [-0.25, -0.2) is 5.45 Å². The van der Waals surface area contributed by atoms with Crippen molar-refractivity contribution >= 4 is 13.7 Å². The molecule has 0 atom stereocenters. The number of nitrogens with zero attached hydrogens (tertiary/aromatic N) is 3. The SMILES string of the molecule is [CH]1[CH][CH][CH][CH]1.[CH]1[CH][CH][CH][CH]1.[N-]=C(c1[c-]cccc1)P(N(C1CCCCC1)C1CCCCC1)N(C1CCCCC1)C1CCCCC1.[Zr+4]. The summed E-state index contributed by atoms with van der Waals surface area (Å²) in [6, 6.07) is 14.2. The zero-order valence-electron chi connectivity index (χ0n) is 28.3. The summed E-state index contributed by atoms with van der Waals surface area (Å²) in [5.74, 6) is 0. The second kappa shape index (κ2) is 22.8. The molecule has 244 valence electrons. The Balaban J connectivity index is 0.000000371. The minimum Gasteiger partial charge on any atom is -0.853 e.